The van der Waals surface area contributed by atoms with Crippen LogP contribution < -0.4 is 10.2 Å². The molecule has 1 aliphatic rings. The number of aryl methyl sites for hydroxylation is 1. The predicted molar refractivity (Wildman–Crippen MR) is 79.2 cm³/mol. The normalized spacial score (nSPS) is 19.0. The highest BCUT2D eigenvalue weighted by molar-refractivity contribution is 5.51. The van der Waals surface area contributed by atoms with E-state index in [9.17, 15) is 0 Å². The second-order valence-electron chi connectivity index (χ2n) is 6.33. The number of hydrogen-bond donors (Lipinski definition) is 1. The summed E-state index contributed by atoms with van der Waals surface area (Å²) in [6.45, 7) is 10.3. The van der Waals surface area contributed by atoms with E-state index in [0.29, 0.717) is 5.41 Å². The third-order valence-corrected chi connectivity index (χ3v) is 3.96. The average molecular weight is 246 g/mol. The van der Waals surface area contributed by atoms with Crippen LogP contribution in [-0.4, -0.2) is 20.1 Å². The largest absolute Gasteiger partial charge is 0.371 e. The highest BCUT2D eigenvalue weighted by Crippen LogP contribution is 2.32. The summed E-state index contributed by atoms with van der Waals surface area (Å²) >= 11 is 0. The van der Waals surface area contributed by atoms with E-state index >= 15 is 0 Å². The lowest BCUT2D eigenvalue weighted by Crippen LogP contribution is -2.40. The van der Waals surface area contributed by atoms with Crippen LogP contribution in [0.4, 0.5) is 5.69 Å². The summed E-state index contributed by atoms with van der Waals surface area (Å²) < 4.78 is 0. The number of nitrogens with one attached hydrogen (secondary N) is 1. The minimum Gasteiger partial charge on any atom is -0.371 e. The van der Waals surface area contributed by atoms with Gasteiger partial charge >= 0.3 is 0 Å². The molecular formula is C16H26N2. The SMILES string of the molecule is CNCc1ccc(N2CCCC(C)(C)C2)cc1C. The van der Waals surface area contributed by atoms with Gasteiger partial charge in [-0.3, -0.25) is 0 Å². The molecule has 0 bridgehead atoms. The molecule has 0 radical (unpaired) electrons. The lowest BCUT2D eigenvalue weighted by Gasteiger charge is -2.39. The topological polar surface area (TPSA) is 15.3 Å². The van der Waals surface area contributed by atoms with Crippen LogP contribution in [0.3, 0.4) is 0 Å². The fourth-order valence-electron chi connectivity index (χ4n) is 2.91. The number of benzene rings is 1. The lowest BCUT2D eigenvalue weighted by atomic mass is 9.84. The van der Waals surface area contributed by atoms with Gasteiger partial charge in [-0.2, -0.15) is 0 Å². The molecule has 1 aliphatic heterocycles. The summed E-state index contributed by atoms with van der Waals surface area (Å²) in [4.78, 5) is 2.54. The Morgan fingerprint density at radius 2 is 2.11 bits per heavy atom. The standard InChI is InChI=1S/C16H26N2/c1-13-10-15(7-6-14(13)11-17-4)18-9-5-8-16(2,3)12-18/h6-7,10,17H,5,8-9,11-12H2,1-4H3. The highest BCUT2D eigenvalue weighted by Gasteiger charge is 2.26. The second kappa shape index (κ2) is 5.31. The van der Waals surface area contributed by atoms with E-state index in [2.05, 4.69) is 49.2 Å². The molecule has 2 heteroatoms. The molecule has 2 nitrogen and oxygen atoms in total. The smallest absolute Gasteiger partial charge is 0.0369 e. The van der Waals surface area contributed by atoms with E-state index < -0.39 is 0 Å². The molecule has 1 fully saturated rings. The summed E-state index contributed by atoms with van der Waals surface area (Å²) in [5, 5.41) is 3.22. The molecule has 1 saturated heterocycles. The Hall–Kier alpha value is -1.02. The first-order valence-electron chi connectivity index (χ1n) is 7.01. The molecule has 0 atom stereocenters. The summed E-state index contributed by atoms with van der Waals surface area (Å²) in [5.74, 6) is 0. The van der Waals surface area contributed by atoms with Crippen molar-refractivity contribution in [1.82, 2.24) is 5.32 Å². The quantitative estimate of drug-likeness (QED) is 0.880. The van der Waals surface area contributed by atoms with E-state index in [4.69, 9.17) is 0 Å². The molecule has 0 saturated carbocycles. The van der Waals surface area contributed by atoms with Crippen LogP contribution >= 0.6 is 0 Å². The van der Waals surface area contributed by atoms with Crippen LogP contribution in [0.2, 0.25) is 0 Å². The number of anilines is 1. The molecule has 1 N–H and O–H groups in total. The molecule has 1 heterocycles. The molecular weight excluding hydrogens is 220 g/mol. The molecule has 2 rings (SSSR count). The van der Waals surface area contributed by atoms with Crippen LogP contribution in [0.5, 0.6) is 0 Å². The first-order valence-corrected chi connectivity index (χ1v) is 7.01. The Kier molecular flexibility index (Phi) is 3.96. The van der Waals surface area contributed by atoms with Crippen LogP contribution in [0.25, 0.3) is 0 Å². The number of piperidine rings is 1. The monoisotopic (exact) mass is 246 g/mol. The fraction of sp³-hybridized carbons (Fsp3) is 0.625. The highest BCUT2D eigenvalue weighted by atomic mass is 15.1. The van der Waals surface area contributed by atoms with Crippen molar-refractivity contribution in [2.45, 2.75) is 40.2 Å². The van der Waals surface area contributed by atoms with Crippen molar-refractivity contribution in [2.75, 3.05) is 25.0 Å². The molecule has 18 heavy (non-hydrogen) atoms. The van der Waals surface area contributed by atoms with Gasteiger partial charge in [0.2, 0.25) is 0 Å². The zero-order valence-corrected chi connectivity index (χ0v) is 12.2. The zero-order valence-electron chi connectivity index (χ0n) is 12.2. The predicted octanol–water partition coefficient (Wildman–Crippen LogP) is 3.34. The Balaban J connectivity index is 2.16. The third kappa shape index (κ3) is 3.05. The molecule has 0 spiro atoms. The maximum atomic E-state index is 3.22. The van der Waals surface area contributed by atoms with E-state index in [1.165, 1.54) is 42.7 Å². The van der Waals surface area contributed by atoms with Gasteiger partial charge in [-0.15, -0.1) is 0 Å². The van der Waals surface area contributed by atoms with Crippen molar-refractivity contribution in [3.63, 3.8) is 0 Å². The van der Waals surface area contributed by atoms with Gasteiger partial charge in [-0.05, 0) is 55.5 Å². The summed E-state index contributed by atoms with van der Waals surface area (Å²) in [5.41, 5.74) is 4.64. The van der Waals surface area contributed by atoms with Crippen molar-refractivity contribution in [3.05, 3.63) is 29.3 Å². The summed E-state index contributed by atoms with van der Waals surface area (Å²) in [6.07, 6.45) is 2.66. The first kappa shape index (κ1) is 13.4. The van der Waals surface area contributed by atoms with Crippen LogP contribution in [0.1, 0.15) is 37.8 Å². The van der Waals surface area contributed by atoms with Crippen molar-refractivity contribution < 1.29 is 0 Å². The average Bonchev–Trinajstić information content (AvgIpc) is 2.30. The minimum atomic E-state index is 0.454. The van der Waals surface area contributed by atoms with Gasteiger partial charge in [-0.1, -0.05) is 19.9 Å². The summed E-state index contributed by atoms with van der Waals surface area (Å²) in [6, 6.07) is 6.89. The first-order chi connectivity index (χ1) is 8.52. The van der Waals surface area contributed by atoms with Crippen LogP contribution in [-0.2, 0) is 6.54 Å². The van der Waals surface area contributed by atoms with Gasteiger partial charge in [-0.25, -0.2) is 0 Å². The fourth-order valence-corrected chi connectivity index (χ4v) is 2.91. The Morgan fingerprint density at radius 3 is 2.72 bits per heavy atom. The maximum absolute atomic E-state index is 3.22. The third-order valence-electron chi connectivity index (χ3n) is 3.96. The van der Waals surface area contributed by atoms with Gasteiger partial charge in [0.15, 0.2) is 0 Å². The van der Waals surface area contributed by atoms with Crippen molar-refractivity contribution in [1.29, 1.82) is 0 Å². The van der Waals surface area contributed by atoms with Crippen molar-refractivity contribution >= 4 is 5.69 Å². The maximum Gasteiger partial charge on any atom is 0.0369 e. The van der Waals surface area contributed by atoms with E-state index in [-0.39, 0.29) is 0 Å². The van der Waals surface area contributed by atoms with Gasteiger partial charge in [0.25, 0.3) is 0 Å². The Bertz CT molecular complexity index is 410. The molecule has 0 amide bonds. The molecule has 0 aromatic heterocycles. The molecule has 1 aromatic rings. The Labute approximate surface area is 111 Å². The molecule has 100 valence electrons. The molecule has 0 aliphatic carbocycles. The summed E-state index contributed by atoms with van der Waals surface area (Å²) in [7, 11) is 2.00. The van der Waals surface area contributed by atoms with Crippen molar-refractivity contribution in [2.24, 2.45) is 5.41 Å². The lowest BCUT2D eigenvalue weighted by molar-refractivity contribution is 0.293. The van der Waals surface area contributed by atoms with Gasteiger partial charge in [0.05, 0.1) is 0 Å². The van der Waals surface area contributed by atoms with E-state index in [0.717, 1.165) is 6.54 Å². The van der Waals surface area contributed by atoms with E-state index in [1.807, 2.05) is 7.05 Å². The zero-order chi connectivity index (χ0) is 13.2. The Morgan fingerprint density at radius 1 is 1.33 bits per heavy atom. The van der Waals surface area contributed by atoms with Crippen LogP contribution in [0, 0.1) is 12.3 Å². The number of rotatable bonds is 3. The van der Waals surface area contributed by atoms with Gasteiger partial charge < -0.3 is 10.2 Å². The van der Waals surface area contributed by atoms with Gasteiger partial charge in [0, 0.05) is 25.3 Å². The molecule has 1 aromatic carbocycles. The van der Waals surface area contributed by atoms with Crippen LogP contribution in [0.15, 0.2) is 18.2 Å². The molecule has 0 unspecified atom stereocenters. The van der Waals surface area contributed by atoms with Crippen molar-refractivity contribution in [3.8, 4) is 0 Å². The second-order valence-corrected chi connectivity index (χ2v) is 6.33. The number of nitrogens with zero attached hydrogens (tertiary/aromatic N) is 1. The number of hydrogen-bond acceptors (Lipinski definition) is 2. The van der Waals surface area contributed by atoms with E-state index in [1.54, 1.807) is 0 Å². The minimum absolute atomic E-state index is 0.454. The van der Waals surface area contributed by atoms with Gasteiger partial charge in [0.1, 0.15) is 0 Å².